The van der Waals surface area contributed by atoms with Crippen LogP contribution in [-0.2, 0) is 11.0 Å². The smallest absolute Gasteiger partial charge is 0.345 e. The number of piperazine rings is 1. The minimum atomic E-state index is -4.46. The molecule has 3 rings (SSSR count). The molecule has 126 valence electrons. The van der Waals surface area contributed by atoms with Crippen molar-refractivity contribution in [1.82, 2.24) is 9.88 Å². The van der Waals surface area contributed by atoms with E-state index < -0.39 is 11.7 Å². The number of rotatable bonds is 3. The first-order valence-electron chi connectivity index (χ1n) is 8.00. The minimum absolute atomic E-state index is 0.0349. The summed E-state index contributed by atoms with van der Waals surface area (Å²) >= 11 is 0. The number of carbonyl (C=O) groups excluding carboxylic acids is 1. The van der Waals surface area contributed by atoms with Crippen LogP contribution in [0.15, 0.2) is 18.3 Å². The first kappa shape index (κ1) is 16.1. The van der Waals surface area contributed by atoms with Crippen molar-refractivity contribution in [1.29, 1.82) is 0 Å². The topological polar surface area (TPSA) is 36.4 Å². The summed E-state index contributed by atoms with van der Waals surface area (Å²) in [6, 6.07) is 2.28. The molecule has 2 fully saturated rings. The molecule has 2 aliphatic rings. The lowest BCUT2D eigenvalue weighted by Crippen LogP contribution is -2.52. The minimum Gasteiger partial charge on any atom is -0.345 e. The van der Waals surface area contributed by atoms with Crippen LogP contribution >= 0.6 is 0 Å². The predicted octanol–water partition coefficient (Wildman–Crippen LogP) is 2.94. The van der Waals surface area contributed by atoms with Crippen LogP contribution in [-0.4, -0.2) is 42.0 Å². The van der Waals surface area contributed by atoms with Crippen LogP contribution in [0.25, 0.3) is 0 Å². The van der Waals surface area contributed by atoms with Gasteiger partial charge in [-0.3, -0.25) is 4.79 Å². The Morgan fingerprint density at radius 2 is 1.96 bits per heavy atom. The van der Waals surface area contributed by atoms with E-state index in [0.717, 1.165) is 25.5 Å². The van der Waals surface area contributed by atoms with E-state index in [-0.39, 0.29) is 18.3 Å². The largest absolute Gasteiger partial charge is 0.419 e. The molecule has 1 aromatic rings. The zero-order valence-electron chi connectivity index (χ0n) is 12.9. The summed E-state index contributed by atoms with van der Waals surface area (Å²) < 4.78 is 39.3. The molecule has 1 aromatic heterocycles. The van der Waals surface area contributed by atoms with Gasteiger partial charge in [0, 0.05) is 25.8 Å². The molecule has 0 aromatic carbocycles. The summed E-state index contributed by atoms with van der Waals surface area (Å²) in [7, 11) is 0. The van der Waals surface area contributed by atoms with Gasteiger partial charge < -0.3 is 9.80 Å². The van der Waals surface area contributed by atoms with Gasteiger partial charge in [0.25, 0.3) is 0 Å². The van der Waals surface area contributed by atoms with Crippen LogP contribution in [0.1, 0.15) is 31.2 Å². The molecule has 4 nitrogen and oxygen atoms in total. The molecule has 1 saturated carbocycles. The highest BCUT2D eigenvalue weighted by molar-refractivity contribution is 5.82. The quantitative estimate of drug-likeness (QED) is 0.856. The number of hydrogen-bond donors (Lipinski definition) is 0. The fraction of sp³-hybridized carbons (Fsp3) is 0.625. The molecular formula is C16H20F3N3O. The Bertz CT molecular complexity index is 570. The number of alkyl halides is 3. The molecule has 0 unspecified atom stereocenters. The third-order valence-corrected chi connectivity index (χ3v) is 4.66. The maximum atomic E-state index is 13.1. The molecule has 1 aliphatic heterocycles. The highest BCUT2D eigenvalue weighted by Gasteiger charge is 2.37. The average molecular weight is 327 g/mol. The van der Waals surface area contributed by atoms with E-state index in [0.29, 0.717) is 19.0 Å². The Kier molecular flexibility index (Phi) is 4.46. The molecule has 1 amide bonds. The molecule has 0 bridgehead atoms. The maximum Gasteiger partial charge on any atom is 0.419 e. The Morgan fingerprint density at radius 3 is 2.61 bits per heavy atom. The van der Waals surface area contributed by atoms with Gasteiger partial charge in [0.15, 0.2) is 0 Å². The second kappa shape index (κ2) is 6.37. The summed E-state index contributed by atoms with van der Waals surface area (Å²) in [6.07, 6.45) is 1.58. The van der Waals surface area contributed by atoms with E-state index in [4.69, 9.17) is 0 Å². The van der Waals surface area contributed by atoms with Crippen LogP contribution in [0.2, 0.25) is 0 Å². The summed E-state index contributed by atoms with van der Waals surface area (Å²) in [5, 5.41) is 0. The second-order valence-corrected chi connectivity index (χ2v) is 6.28. The number of amides is 1. The van der Waals surface area contributed by atoms with Crippen LogP contribution in [0.4, 0.5) is 19.0 Å². The number of nitrogens with zero attached hydrogens (tertiary/aromatic N) is 3. The van der Waals surface area contributed by atoms with Crippen molar-refractivity contribution in [2.75, 3.05) is 31.1 Å². The Morgan fingerprint density at radius 1 is 1.22 bits per heavy atom. The molecule has 0 radical (unpaired) electrons. The Hall–Kier alpha value is -1.79. The van der Waals surface area contributed by atoms with Gasteiger partial charge in [0.05, 0.1) is 12.1 Å². The zero-order chi connectivity index (χ0) is 16.4. The fourth-order valence-corrected chi connectivity index (χ4v) is 3.46. The fourth-order valence-electron chi connectivity index (χ4n) is 3.46. The van der Waals surface area contributed by atoms with Crippen LogP contribution < -0.4 is 4.90 Å². The van der Waals surface area contributed by atoms with Gasteiger partial charge in [-0.1, -0.05) is 12.8 Å². The summed E-state index contributed by atoms with van der Waals surface area (Å²) in [5.74, 6) is 0.293. The van der Waals surface area contributed by atoms with Crippen molar-refractivity contribution < 1.29 is 18.0 Å². The van der Waals surface area contributed by atoms with E-state index in [9.17, 15) is 18.0 Å². The van der Waals surface area contributed by atoms with Gasteiger partial charge in [-0.25, -0.2) is 4.98 Å². The molecule has 1 saturated heterocycles. The number of anilines is 1. The SMILES string of the molecule is O=C1CN(c2ncccc2C(F)(F)F)CCN1CC1CCCC1. The standard InChI is InChI=1S/C16H20F3N3O/c17-16(18,19)13-6-3-7-20-15(13)22-9-8-21(14(23)11-22)10-12-4-1-2-5-12/h3,6-7,12H,1-2,4-5,8-11H2. The molecule has 0 N–H and O–H groups in total. The van der Waals surface area contributed by atoms with Gasteiger partial charge >= 0.3 is 6.18 Å². The van der Waals surface area contributed by atoms with Crippen molar-refractivity contribution in [3.8, 4) is 0 Å². The zero-order valence-corrected chi connectivity index (χ0v) is 12.9. The van der Waals surface area contributed by atoms with E-state index in [2.05, 4.69) is 4.98 Å². The molecule has 0 atom stereocenters. The normalized spacial score (nSPS) is 20.4. The lowest BCUT2D eigenvalue weighted by atomic mass is 10.1. The van der Waals surface area contributed by atoms with E-state index in [1.165, 1.54) is 30.0 Å². The third kappa shape index (κ3) is 3.59. The number of pyridine rings is 1. The predicted molar refractivity (Wildman–Crippen MR) is 80.0 cm³/mol. The van der Waals surface area contributed by atoms with Crippen molar-refractivity contribution >= 4 is 11.7 Å². The molecular weight excluding hydrogens is 307 g/mol. The molecule has 0 spiro atoms. The van der Waals surface area contributed by atoms with E-state index >= 15 is 0 Å². The van der Waals surface area contributed by atoms with Crippen molar-refractivity contribution in [3.63, 3.8) is 0 Å². The summed E-state index contributed by atoms with van der Waals surface area (Å²) in [6.45, 7) is 1.55. The highest BCUT2D eigenvalue weighted by Crippen LogP contribution is 2.35. The first-order valence-corrected chi connectivity index (χ1v) is 8.00. The maximum absolute atomic E-state index is 13.1. The van der Waals surface area contributed by atoms with E-state index in [1.54, 1.807) is 4.90 Å². The average Bonchev–Trinajstić information content (AvgIpc) is 3.01. The lowest BCUT2D eigenvalue weighted by molar-refractivity contribution is -0.138. The number of halogens is 3. The summed E-state index contributed by atoms with van der Waals surface area (Å²) in [5.41, 5.74) is -0.781. The van der Waals surface area contributed by atoms with Crippen LogP contribution in [0, 0.1) is 5.92 Å². The first-order chi connectivity index (χ1) is 10.9. The van der Waals surface area contributed by atoms with Crippen molar-refractivity contribution in [2.24, 2.45) is 5.92 Å². The van der Waals surface area contributed by atoms with Gasteiger partial charge in [-0.05, 0) is 30.9 Å². The van der Waals surface area contributed by atoms with Gasteiger partial charge in [-0.15, -0.1) is 0 Å². The lowest BCUT2D eigenvalue weighted by Gasteiger charge is -2.37. The number of hydrogen-bond acceptors (Lipinski definition) is 3. The summed E-state index contributed by atoms with van der Waals surface area (Å²) in [4.78, 5) is 19.4. The monoisotopic (exact) mass is 327 g/mol. The van der Waals surface area contributed by atoms with Gasteiger partial charge in [0.1, 0.15) is 5.82 Å². The third-order valence-electron chi connectivity index (χ3n) is 4.66. The number of aromatic nitrogens is 1. The van der Waals surface area contributed by atoms with Gasteiger partial charge in [0.2, 0.25) is 5.91 Å². The van der Waals surface area contributed by atoms with Gasteiger partial charge in [-0.2, -0.15) is 13.2 Å². The van der Waals surface area contributed by atoms with E-state index in [1.807, 2.05) is 0 Å². The molecule has 23 heavy (non-hydrogen) atoms. The highest BCUT2D eigenvalue weighted by atomic mass is 19.4. The molecule has 7 heteroatoms. The van der Waals surface area contributed by atoms with Crippen molar-refractivity contribution in [3.05, 3.63) is 23.9 Å². The van der Waals surface area contributed by atoms with Crippen LogP contribution in [0.3, 0.4) is 0 Å². The number of carbonyl (C=O) groups is 1. The van der Waals surface area contributed by atoms with Crippen molar-refractivity contribution in [2.45, 2.75) is 31.9 Å². The molecule has 1 aliphatic carbocycles. The molecule has 2 heterocycles. The van der Waals surface area contributed by atoms with Crippen LogP contribution in [0.5, 0.6) is 0 Å². The second-order valence-electron chi connectivity index (χ2n) is 6.28. The Balaban J connectivity index is 1.69. The Labute approximate surface area is 133 Å².